The van der Waals surface area contributed by atoms with Crippen molar-refractivity contribution >= 4 is 17.6 Å². The van der Waals surface area contributed by atoms with Crippen LogP contribution in [0, 0.1) is 0 Å². The Balaban J connectivity index is 1.33. The van der Waals surface area contributed by atoms with Crippen molar-refractivity contribution in [1.29, 1.82) is 0 Å². The second-order valence-corrected chi connectivity index (χ2v) is 9.30. The highest BCUT2D eigenvalue weighted by Gasteiger charge is 2.23. The number of carbonyl (C=O) groups excluding carboxylic acids is 2. The number of benzene rings is 3. The first-order chi connectivity index (χ1) is 19.1. The number of esters is 1. The van der Waals surface area contributed by atoms with E-state index in [0.717, 1.165) is 41.3 Å². The Bertz CT molecular complexity index is 1420. The molecule has 5 rings (SSSR count). The molecular weight excluding hydrogens is 492 g/mol. The molecule has 1 aromatic heterocycles. The lowest BCUT2D eigenvalue weighted by molar-refractivity contribution is -0.130. The van der Waals surface area contributed by atoms with Crippen LogP contribution in [0.1, 0.15) is 23.0 Å². The van der Waals surface area contributed by atoms with Crippen molar-refractivity contribution in [2.24, 2.45) is 0 Å². The minimum atomic E-state index is -0.469. The van der Waals surface area contributed by atoms with Crippen LogP contribution in [0.15, 0.2) is 84.9 Å². The van der Waals surface area contributed by atoms with Gasteiger partial charge in [0.05, 0.1) is 25.8 Å². The van der Waals surface area contributed by atoms with E-state index in [1.807, 2.05) is 71.6 Å². The predicted molar refractivity (Wildman–Crippen MR) is 150 cm³/mol. The number of rotatable bonds is 8. The second-order valence-electron chi connectivity index (χ2n) is 9.30. The quantitative estimate of drug-likeness (QED) is 0.313. The maximum atomic E-state index is 12.8. The SMILES string of the molecule is CCOC(=O)c1cc(-c2ccc(N3CCN(C(=O)Cc4ccccc4)CC3)cc2)n(-c2ccccc2OC)n1. The van der Waals surface area contributed by atoms with Crippen molar-refractivity contribution in [2.75, 3.05) is 44.8 Å². The van der Waals surface area contributed by atoms with E-state index < -0.39 is 5.97 Å². The van der Waals surface area contributed by atoms with Gasteiger partial charge in [-0.3, -0.25) is 4.79 Å². The van der Waals surface area contributed by atoms with Gasteiger partial charge in [0.1, 0.15) is 11.4 Å². The molecule has 0 saturated carbocycles. The Morgan fingerprint density at radius 1 is 0.872 bits per heavy atom. The Labute approximate surface area is 228 Å². The first kappa shape index (κ1) is 26.0. The highest BCUT2D eigenvalue weighted by atomic mass is 16.5. The van der Waals surface area contributed by atoms with Crippen molar-refractivity contribution in [3.8, 4) is 22.7 Å². The normalized spacial score (nSPS) is 13.3. The molecule has 3 aromatic carbocycles. The first-order valence-corrected chi connectivity index (χ1v) is 13.1. The maximum absolute atomic E-state index is 12.8. The summed E-state index contributed by atoms with van der Waals surface area (Å²) in [6, 6.07) is 27.4. The number of amides is 1. The van der Waals surface area contributed by atoms with E-state index in [1.165, 1.54) is 0 Å². The van der Waals surface area contributed by atoms with E-state index in [9.17, 15) is 9.59 Å². The molecule has 39 heavy (non-hydrogen) atoms. The van der Waals surface area contributed by atoms with Gasteiger partial charge in [0.25, 0.3) is 0 Å². The number of aromatic nitrogens is 2. The van der Waals surface area contributed by atoms with Crippen molar-refractivity contribution < 1.29 is 19.1 Å². The number of carbonyl (C=O) groups is 2. The molecule has 0 N–H and O–H groups in total. The summed E-state index contributed by atoms with van der Waals surface area (Å²) in [6.07, 6.45) is 0.434. The molecule has 2 heterocycles. The molecule has 4 aromatic rings. The lowest BCUT2D eigenvalue weighted by atomic mass is 10.1. The Morgan fingerprint density at radius 3 is 2.26 bits per heavy atom. The standard InChI is InChI=1S/C31H32N4O4/c1-3-39-31(37)26-22-28(35(32-26)27-11-7-8-12-29(27)38-2)24-13-15-25(16-14-24)33-17-19-34(20-18-33)30(36)21-23-9-5-4-6-10-23/h4-16,22H,3,17-21H2,1-2H3. The minimum absolute atomic E-state index is 0.165. The van der Waals surface area contributed by atoms with Gasteiger partial charge in [0.15, 0.2) is 5.69 Å². The van der Waals surface area contributed by atoms with E-state index in [1.54, 1.807) is 24.8 Å². The van der Waals surface area contributed by atoms with E-state index in [2.05, 4.69) is 22.1 Å². The zero-order valence-corrected chi connectivity index (χ0v) is 22.2. The van der Waals surface area contributed by atoms with E-state index >= 15 is 0 Å². The van der Waals surface area contributed by atoms with Crippen molar-refractivity contribution in [3.05, 3.63) is 96.2 Å². The number of para-hydroxylation sites is 2. The number of ether oxygens (including phenoxy) is 2. The summed E-state index contributed by atoms with van der Waals surface area (Å²) >= 11 is 0. The molecule has 0 radical (unpaired) electrons. The van der Waals surface area contributed by atoms with Crippen LogP contribution in [0.2, 0.25) is 0 Å². The summed E-state index contributed by atoms with van der Waals surface area (Å²) in [5.41, 5.74) is 4.75. The molecule has 8 nitrogen and oxygen atoms in total. The summed E-state index contributed by atoms with van der Waals surface area (Å²) in [4.78, 5) is 29.5. The summed E-state index contributed by atoms with van der Waals surface area (Å²) in [5.74, 6) is 0.343. The number of piperazine rings is 1. The largest absolute Gasteiger partial charge is 0.494 e. The van der Waals surface area contributed by atoms with Crippen LogP contribution < -0.4 is 9.64 Å². The van der Waals surface area contributed by atoms with Gasteiger partial charge in [-0.25, -0.2) is 9.48 Å². The van der Waals surface area contributed by atoms with Crippen LogP contribution in [0.25, 0.3) is 16.9 Å². The Morgan fingerprint density at radius 2 is 1.56 bits per heavy atom. The van der Waals surface area contributed by atoms with Gasteiger partial charge < -0.3 is 19.3 Å². The minimum Gasteiger partial charge on any atom is -0.494 e. The van der Waals surface area contributed by atoms with Crippen molar-refractivity contribution in [2.45, 2.75) is 13.3 Å². The number of methoxy groups -OCH3 is 1. The number of anilines is 1. The maximum Gasteiger partial charge on any atom is 0.358 e. The third kappa shape index (κ3) is 5.80. The fourth-order valence-electron chi connectivity index (χ4n) is 4.82. The highest BCUT2D eigenvalue weighted by molar-refractivity contribution is 5.89. The predicted octanol–water partition coefficient (Wildman–Crippen LogP) is 4.62. The summed E-state index contributed by atoms with van der Waals surface area (Å²) < 4.78 is 12.5. The molecule has 0 atom stereocenters. The monoisotopic (exact) mass is 524 g/mol. The van der Waals surface area contributed by atoms with Gasteiger partial charge in [0, 0.05) is 37.4 Å². The third-order valence-corrected chi connectivity index (χ3v) is 6.87. The lowest BCUT2D eigenvalue weighted by Crippen LogP contribution is -2.49. The zero-order valence-electron chi connectivity index (χ0n) is 22.2. The van der Waals surface area contributed by atoms with E-state index in [0.29, 0.717) is 25.3 Å². The molecule has 0 bridgehead atoms. The molecule has 0 unspecified atom stereocenters. The Hall–Kier alpha value is -4.59. The molecule has 1 fully saturated rings. The van der Waals surface area contributed by atoms with Crippen molar-refractivity contribution in [3.63, 3.8) is 0 Å². The second kappa shape index (κ2) is 11.9. The van der Waals surface area contributed by atoms with Crippen LogP contribution in [-0.4, -0.2) is 66.5 Å². The fourth-order valence-corrected chi connectivity index (χ4v) is 4.82. The number of hydrogen-bond donors (Lipinski definition) is 0. The highest BCUT2D eigenvalue weighted by Crippen LogP contribution is 2.31. The van der Waals surface area contributed by atoms with Crippen molar-refractivity contribution in [1.82, 2.24) is 14.7 Å². The average Bonchev–Trinajstić information content (AvgIpc) is 3.43. The van der Waals surface area contributed by atoms with Gasteiger partial charge in [-0.2, -0.15) is 5.10 Å². The summed E-state index contributed by atoms with van der Waals surface area (Å²) in [6.45, 7) is 4.97. The summed E-state index contributed by atoms with van der Waals surface area (Å²) in [5, 5.41) is 4.57. The smallest absolute Gasteiger partial charge is 0.358 e. The van der Waals surface area contributed by atoms with Gasteiger partial charge in [-0.05, 0) is 42.8 Å². The van der Waals surface area contributed by atoms with Gasteiger partial charge in [-0.1, -0.05) is 54.6 Å². The van der Waals surface area contributed by atoms with E-state index in [4.69, 9.17) is 9.47 Å². The average molecular weight is 525 g/mol. The molecule has 0 aliphatic carbocycles. The van der Waals surface area contributed by atoms with Crippen LogP contribution in [0.5, 0.6) is 5.75 Å². The molecule has 1 amide bonds. The number of hydrogen-bond acceptors (Lipinski definition) is 6. The van der Waals surface area contributed by atoms with Gasteiger partial charge >= 0.3 is 5.97 Å². The lowest BCUT2D eigenvalue weighted by Gasteiger charge is -2.36. The van der Waals surface area contributed by atoms with Crippen LogP contribution >= 0.6 is 0 Å². The van der Waals surface area contributed by atoms with E-state index in [-0.39, 0.29) is 18.2 Å². The zero-order chi connectivity index (χ0) is 27.2. The molecule has 0 spiro atoms. The molecular formula is C31H32N4O4. The van der Waals surface area contributed by atoms with Crippen LogP contribution in [-0.2, 0) is 16.0 Å². The number of nitrogens with zero attached hydrogens (tertiary/aromatic N) is 4. The first-order valence-electron chi connectivity index (χ1n) is 13.1. The van der Waals surface area contributed by atoms with Gasteiger partial charge in [0.2, 0.25) is 5.91 Å². The van der Waals surface area contributed by atoms with Crippen LogP contribution in [0.3, 0.4) is 0 Å². The molecule has 1 aliphatic heterocycles. The van der Waals surface area contributed by atoms with Crippen LogP contribution in [0.4, 0.5) is 5.69 Å². The third-order valence-electron chi connectivity index (χ3n) is 6.87. The fraction of sp³-hybridized carbons (Fsp3) is 0.258. The topological polar surface area (TPSA) is 76.9 Å². The molecule has 1 saturated heterocycles. The molecule has 8 heteroatoms. The molecule has 1 aliphatic rings. The Kier molecular flexibility index (Phi) is 7.91. The van der Waals surface area contributed by atoms with Gasteiger partial charge in [-0.15, -0.1) is 0 Å². The molecule has 200 valence electrons. The summed E-state index contributed by atoms with van der Waals surface area (Å²) in [7, 11) is 1.61.